The molecule has 4 nitrogen and oxygen atoms in total. The number of carbonyl (C=O) groups is 2. The number of rotatable bonds is 3. The summed E-state index contributed by atoms with van der Waals surface area (Å²) in [7, 11) is 1.44. The van der Waals surface area contributed by atoms with Gasteiger partial charge in [0.15, 0.2) is 0 Å². The minimum Gasteiger partial charge on any atom is -0.444 e. The molecule has 0 aliphatic heterocycles. The number of amides is 1. The van der Waals surface area contributed by atoms with Crippen LogP contribution < -0.4 is 0 Å². The minimum absolute atomic E-state index is 0.375. The normalized spacial score (nSPS) is 12.7. The van der Waals surface area contributed by atoms with Gasteiger partial charge in [0.25, 0.3) is 0 Å². The Hall–Kier alpha value is -1.43. The van der Waals surface area contributed by atoms with Gasteiger partial charge in [0.05, 0.1) is 0 Å². The Morgan fingerprint density at radius 3 is 2.45 bits per heavy atom. The molecule has 1 rings (SSSR count). The number of hydrogen-bond donors (Lipinski definition) is 0. The zero-order valence-corrected chi connectivity index (χ0v) is 13.4. The third-order valence-electron chi connectivity index (χ3n) is 2.45. The zero-order valence-electron chi connectivity index (χ0n) is 11.8. The fourth-order valence-corrected chi connectivity index (χ4v) is 2.07. The van der Waals surface area contributed by atoms with Crippen molar-refractivity contribution in [1.82, 2.24) is 4.90 Å². The maximum absolute atomic E-state index is 13.4. The topological polar surface area (TPSA) is 46.6 Å². The van der Waals surface area contributed by atoms with Gasteiger partial charge in [-0.2, -0.15) is 0 Å². The van der Waals surface area contributed by atoms with Crippen LogP contribution in [-0.2, 0) is 9.53 Å². The van der Waals surface area contributed by atoms with E-state index in [0.717, 1.165) is 4.90 Å². The van der Waals surface area contributed by atoms with E-state index in [-0.39, 0.29) is 0 Å². The molecule has 0 aromatic heterocycles. The van der Waals surface area contributed by atoms with Gasteiger partial charge in [0.2, 0.25) is 0 Å². The summed E-state index contributed by atoms with van der Waals surface area (Å²) in [5, 5.41) is 0. The predicted molar refractivity (Wildman–Crippen MR) is 76.9 cm³/mol. The van der Waals surface area contributed by atoms with Crippen LogP contribution in [0.4, 0.5) is 9.18 Å². The van der Waals surface area contributed by atoms with E-state index in [1.165, 1.54) is 19.2 Å². The van der Waals surface area contributed by atoms with Crippen molar-refractivity contribution in [3.63, 3.8) is 0 Å². The van der Waals surface area contributed by atoms with Gasteiger partial charge < -0.3 is 9.53 Å². The first-order valence-corrected chi connectivity index (χ1v) is 6.80. The van der Waals surface area contributed by atoms with Crippen molar-refractivity contribution in [2.45, 2.75) is 32.4 Å². The molecular formula is C14H17BrFNO3. The SMILES string of the molecule is CN(C(=O)OC(C)(C)C)C(C=O)c1cc(F)cc(Br)c1. The molecule has 0 aliphatic carbocycles. The summed E-state index contributed by atoms with van der Waals surface area (Å²) in [6.45, 7) is 5.19. The highest BCUT2D eigenvalue weighted by Crippen LogP contribution is 2.24. The molecule has 110 valence electrons. The van der Waals surface area contributed by atoms with Gasteiger partial charge in [-0.15, -0.1) is 0 Å². The summed E-state index contributed by atoms with van der Waals surface area (Å²) in [6, 6.07) is 3.17. The molecule has 1 atom stereocenters. The second-order valence-corrected chi connectivity index (χ2v) is 6.29. The predicted octanol–water partition coefficient (Wildman–Crippen LogP) is 3.70. The third-order valence-corrected chi connectivity index (χ3v) is 2.91. The van der Waals surface area contributed by atoms with Crippen molar-refractivity contribution in [3.8, 4) is 0 Å². The van der Waals surface area contributed by atoms with Gasteiger partial charge in [-0.1, -0.05) is 15.9 Å². The monoisotopic (exact) mass is 345 g/mol. The lowest BCUT2D eigenvalue weighted by molar-refractivity contribution is -0.112. The lowest BCUT2D eigenvalue weighted by Crippen LogP contribution is -2.37. The Morgan fingerprint density at radius 2 is 2.00 bits per heavy atom. The van der Waals surface area contributed by atoms with E-state index in [4.69, 9.17) is 4.74 Å². The van der Waals surface area contributed by atoms with Crippen molar-refractivity contribution >= 4 is 28.3 Å². The number of carbonyl (C=O) groups excluding carboxylic acids is 2. The van der Waals surface area contributed by atoms with Crippen LogP contribution in [0.2, 0.25) is 0 Å². The first-order valence-electron chi connectivity index (χ1n) is 6.01. The Kier molecular flexibility index (Phi) is 5.28. The average Bonchev–Trinajstić information content (AvgIpc) is 2.26. The highest BCUT2D eigenvalue weighted by molar-refractivity contribution is 9.10. The molecule has 0 radical (unpaired) electrons. The molecular weight excluding hydrogens is 329 g/mol. The largest absolute Gasteiger partial charge is 0.444 e. The van der Waals surface area contributed by atoms with Crippen LogP contribution >= 0.6 is 15.9 Å². The van der Waals surface area contributed by atoms with Crippen LogP contribution in [0, 0.1) is 5.82 Å². The smallest absolute Gasteiger partial charge is 0.410 e. The second kappa shape index (κ2) is 6.35. The number of halogens is 2. The summed E-state index contributed by atoms with van der Waals surface area (Å²) in [5.41, 5.74) is -0.290. The van der Waals surface area contributed by atoms with Crippen molar-refractivity contribution < 1.29 is 18.7 Å². The van der Waals surface area contributed by atoms with Crippen LogP contribution in [0.1, 0.15) is 32.4 Å². The molecule has 1 amide bonds. The van der Waals surface area contributed by atoms with E-state index in [1.807, 2.05) is 0 Å². The van der Waals surface area contributed by atoms with Crippen molar-refractivity contribution in [2.75, 3.05) is 7.05 Å². The van der Waals surface area contributed by atoms with Crippen LogP contribution in [0.15, 0.2) is 22.7 Å². The van der Waals surface area contributed by atoms with E-state index in [0.29, 0.717) is 16.3 Å². The van der Waals surface area contributed by atoms with Crippen LogP contribution in [0.3, 0.4) is 0 Å². The highest BCUT2D eigenvalue weighted by atomic mass is 79.9. The number of nitrogens with zero attached hydrogens (tertiary/aromatic N) is 1. The highest BCUT2D eigenvalue weighted by Gasteiger charge is 2.26. The Balaban J connectivity index is 3.00. The Morgan fingerprint density at radius 1 is 1.40 bits per heavy atom. The Labute approximate surface area is 126 Å². The Bertz CT molecular complexity index is 493. The fourth-order valence-electron chi connectivity index (χ4n) is 1.59. The first kappa shape index (κ1) is 16.6. The number of likely N-dealkylation sites (N-methyl/N-ethyl adjacent to an activating group) is 1. The summed E-state index contributed by atoms with van der Waals surface area (Å²) in [5.74, 6) is -0.487. The molecule has 20 heavy (non-hydrogen) atoms. The molecule has 1 aromatic carbocycles. The van der Waals surface area contributed by atoms with Gasteiger partial charge in [0, 0.05) is 11.5 Å². The number of benzene rings is 1. The summed E-state index contributed by atoms with van der Waals surface area (Å²) in [6.07, 6.45) is -0.0690. The standard InChI is InChI=1S/C14H17BrFNO3/c1-14(2,3)20-13(19)17(4)12(8-18)9-5-10(15)7-11(16)6-9/h5-8,12H,1-4H3. The van der Waals surface area contributed by atoms with E-state index in [2.05, 4.69) is 15.9 Å². The summed E-state index contributed by atoms with van der Waals surface area (Å²) >= 11 is 3.15. The number of hydrogen-bond acceptors (Lipinski definition) is 3. The van der Waals surface area contributed by atoms with E-state index < -0.39 is 23.6 Å². The van der Waals surface area contributed by atoms with E-state index in [1.54, 1.807) is 26.8 Å². The second-order valence-electron chi connectivity index (χ2n) is 5.37. The maximum atomic E-state index is 13.4. The molecule has 1 unspecified atom stereocenters. The van der Waals surface area contributed by atoms with Gasteiger partial charge in [0.1, 0.15) is 23.7 Å². The maximum Gasteiger partial charge on any atom is 0.410 e. The van der Waals surface area contributed by atoms with Crippen LogP contribution in [0.25, 0.3) is 0 Å². The molecule has 0 saturated carbocycles. The zero-order chi connectivity index (χ0) is 15.5. The van der Waals surface area contributed by atoms with Crippen molar-refractivity contribution in [1.29, 1.82) is 0 Å². The lowest BCUT2D eigenvalue weighted by Gasteiger charge is -2.28. The third kappa shape index (κ3) is 4.59. The van der Waals surface area contributed by atoms with Gasteiger partial charge in [-0.05, 0) is 44.5 Å². The molecule has 0 aliphatic rings. The van der Waals surface area contributed by atoms with Crippen molar-refractivity contribution in [3.05, 3.63) is 34.1 Å². The van der Waals surface area contributed by atoms with Gasteiger partial charge in [-0.25, -0.2) is 9.18 Å². The summed E-state index contributed by atoms with van der Waals surface area (Å²) in [4.78, 5) is 24.3. The van der Waals surface area contributed by atoms with E-state index in [9.17, 15) is 14.0 Å². The van der Waals surface area contributed by atoms with Gasteiger partial charge >= 0.3 is 6.09 Å². The minimum atomic E-state index is -0.906. The van der Waals surface area contributed by atoms with E-state index >= 15 is 0 Å². The number of ether oxygens (including phenoxy) is 1. The fraction of sp³-hybridized carbons (Fsp3) is 0.429. The van der Waals surface area contributed by atoms with Crippen molar-refractivity contribution in [2.24, 2.45) is 0 Å². The van der Waals surface area contributed by atoms with Crippen LogP contribution in [-0.4, -0.2) is 29.9 Å². The molecule has 0 N–H and O–H groups in total. The molecule has 0 heterocycles. The van der Waals surface area contributed by atoms with Gasteiger partial charge in [-0.3, -0.25) is 4.90 Å². The molecule has 1 aromatic rings. The van der Waals surface area contributed by atoms with Crippen LogP contribution in [0.5, 0.6) is 0 Å². The lowest BCUT2D eigenvalue weighted by atomic mass is 10.1. The average molecular weight is 346 g/mol. The molecule has 0 spiro atoms. The molecule has 0 bridgehead atoms. The first-order chi connectivity index (χ1) is 9.14. The quantitative estimate of drug-likeness (QED) is 0.784. The molecule has 0 saturated heterocycles. The molecule has 6 heteroatoms. The summed E-state index contributed by atoms with van der Waals surface area (Å²) < 4.78 is 19.1. The molecule has 0 fully saturated rings. The number of aldehydes is 1.